The Hall–Kier alpha value is -3.97. The summed E-state index contributed by atoms with van der Waals surface area (Å²) in [5.41, 5.74) is 0.622. The molecule has 0 spiro atoms. The minimum absolute atomic E-state index is 0.0164. The van der Waals surface area contributed by atoms with Crippen molar-refractivity contribution in [2.24, 2.45) is 5.92 Å². The SMILES string of the molecule is C=CC(=O)C[C@H]1CCOC[C@H]1Nc1ncc2cc(-c3c(Cl)c(OC)cc(OC)c3Cl)c(=O)n(CCCN3CCN(C(=O)C=C)CC3)c2n1. The molecule has 2 aliphatic heterocycles. The average molecular weight is 700 g/mol. The van der Waals surface area contributed by atoms with Gasteiger partial charge in [-0.15, -0.1) is 0 Å². The number of methoxy groups -OCH3 is 2. The first kappa shape index (κ1) is 35.3. The number of ketones is 1. The summed E-state index contributed by atoms with van der Waals surface area (Å²) in [5, 5.41) is 4.30. The van der Waals surface area contributed by atoms with Gasteiger partial charge in [0.1, 0.15) is 17.1 Å². The molecular weight excluding hydrogens is 659 g/mol. The predicted octanol–water partition coefficient (Wildman–Crippen LogP) is 4.47. The van der Waals surface area contributed by atoms with Gasteiger partial charge in [-0.1, -0.05) is 36.4 Å². The number of rotatable bonds is 13. The van der Waals surface area contributed by atoms with E-state index in [9.17, 15) is 14.4 Å². The van der Waals surface area contributed by atoms with Crippen molar-refractivity contribution in [1.29, 1.82) is 0 Å². The van der Waals surface area contributed by atoms with Gasteiger partial charge >= 0.3 is 0 Å². The number of allylic oxidation sites excluding steroid dienone is 1. The number of anilines is 1. The van der Waals surface area contributed by atoms with Crippen LogP contribution < -0.4 is 20.3 Å². The molecule has 2 saturated heterocycles. The van der Waals surface area contributed by atoms with E-state index in [0.717, 1.165) is 13.1 Å². The molecule has 256 valence electrons. The van der Waals surface area contributed by atoms with Gasteiger partial charge < -0.3 is 24.4 Å². The Morgan fingerprint density at radius 2 is 1.77 bits per heavy atom. The summed E-state index contributed by atoms with van der Waals surface area (Å²) in [6, 6.07) is 3.05. The Labute approximate surface area is 289 Å². The molecule has 0 radical (unpaired) electrons. The van der Waals surface area contributed by atoms with Crippen LogP contribution in [0.3, 0.4) is 0 Å². The lowest BCUT2D eigenvalue weighted by Crippen LogP contribution is -2.48. The molecule has 0 aliphatic carbocycles. The summed E-state index contributed by atoms with van der Waals surface area (Å²) in [5.74, 6) is 0.846. The number of carbonyl (C=O) groups is 2. The average Bonchev–Trinajstić information content (AvgIpc) is 3.10. The van der Waals surface area contributed by atoms with E-state index >= 15 is 0 Å². The molecule has 2 atom stereocenters. The van der Waals surface area contributed by atoms with Gasteiger partial charge in [0, 0.05) is 69.0 Å². The van der Waals surface area contributed by atoms with Gasteiger partial charge in [-0.25, -0.2) is 4.98 Å². The largest absolute Gasteiger partial charge is 0.495 e. The van der Waals surface area contributed by atoms with Crippen molar-refractivity contribution < 1.29 is 23.8 Å². The second-order valence-electron chi connectivity index (χ2n) is 11.7. The van der Waals surface area contributed by atoms with Gasteiger partial charge in [-0.2, -0.15) is 4.98 Å². The van der Waals surface area contributed by atoms with E-state index in [2.05, 4.69) is 28.4 Å². The van der Waals surface area contributed by atoms with E-state index in [1.807, 2.05) is 0 Å². The number of halogens is 2. The standard InChI is InChI=1S/C34H40Cl2N6O6/c1-5-23(43)16-21-8-15-48-20-25(21)38-34-37-19-22-17-24(29-30(35)26(46-3)18-27(47-4)31(29)36)33(45)42(32(22)39-34)10-7-9-40-11-13-41(14-12-40)28(44)6-2/h5-6,17-19,21,25H,1-2,7-16,20H2,3-4H3,(H,37,38,39)/t21-,25-/m1/s1. The predicted molar refractivity (Wildman–Crippen MR) is 186 cm³/mol. The summed E-state index contributed by atoms with van der Waals surface area (Å²) >= 11 is 13.5. The topological polar surface area (TPSA) is 128 Å². The highest BCUT2D eigenvalue weighted by molar-refractivity contribution is 6.41. The number of carbonyl (C=O) groups excluding carboxylic acids is 2. The fourth-order valence-corrected chi connectivity index (χ4v) is 6.91. The smallest absolute Gasteiger partial charge is 0.260 e. The van der Waals surface area contributed by atoms with E-state index < -0.39 is 0 Å². The maximum atomic E-state index is 14.4. The Morgan fingerprint density at radius 1 is 1.06 bits per heavy atom. The zero-order valence-electron chi connectivity index (χ0n) is 27.2. The van der Waals surface area contributed by atoms with Gasteiger partial charge in [-0.05, 0) is 43.5 Å². The molecule has 2 aromatic heterocycles. The molecule has 14 heteroatoms. The van der Waals surface area contributed by atoms with Crippen molar-refractivity contribution in [3.05, 3.63) is 64.0 Å². The van der Waals surface area contributed by atoms with E-state index in [-0.39, 0.29) is 50.4 Å². The van der Waals surface area contributed by atoms with Gasteiger partial charge in [-0.3, -0.25) is 23.9 Å². The first-order valence-corrected chi connectivity index (χ1v) is 16.6. The van der Waals surface area contributed by atoms with Crippen molar-refractivity contribution in [2.45, 2.75) is 31.8 Å². The fourth-order valence-electron chi connectivity index (χ4n) is 6.20. The highest BCUT2D eigenvalue weighted by Gasteiger charge is 2.29. The highest BCUT2D eigenvalue weighted by Crippen LogP contribution is 2.45. The number of aryl methyl sites for hydroxylation is 1. The Morgan fingerprint density at radius 3 is 2.42 bits per heavy atom. The van der Waals surface area contributed by atoms with Crippen molar-refractivity contribution in [1.82, 2.24) is 24.3 Å². The van der Waals surface area contributed by atoms with Crippen LogP contribution in [0.25, 0.3) is 22.2 Å². The number of hydrogen-bond acceptors (Lipinski definition) is 10. The van der Waals surface area contributed by atoms with E-state index in [1.165, 1.54) is 26.4 Å². The normalized spacial score (nSPS) is 18.4. The first-order valence-electron chi connectivity index (χ1n) is 15.8. The van der Waals surface area contributed by atoms with Gasteiger partial charge in [0.25, 0.3) is 5.56 Å². The molecule has 4 heterocycles. The summed E-state index contributed by atoms with van der Waals surface area (Å²) in [6.07, 6.45) is 6.00. The third-order valence-corrected chi connectivity index (χ3v) is 9.64. The number of pyridine rings is 1. The van der Waals surface area contributed by atoms with Crippen LogP contribution in [0.2, 0.25) is 10.0 Å². The number of piperazine rings is 1. The second kappa shape index (κ2) is 16.0. The summed E-state index contributed by atoms with van der Waals surface area (Å²) in [6.45, 7) is 11.9. The van der Waals surface area contributed by atoms with Crippen LogP contribution in [-0.4, -0.2) is 102 Å². The second-order valence-corrected chi connectivity index (χ2v) is 12.5. The van der Waals surface area contributed by atoms with Crippen LogP contribution in [-0.2, 0) is 20.9 Å². The minimum Gasteiger partial charge on any atom is -0.495 e. The number of nitrogens with zero attached hydrogens (tertiary/aromatic N) is 5. The van der Waals surface area contributed by atoms with Crippen LogP contribution in [0.5, 0.6) is 11.5 Å². The quantitative estimate of drug-likeness (QED) is 0.256. The lowest BCUT2D eigenvalue weighted by Gasteiger charge is -2.34. The van der Waals surface area contributed by atoms with Crippen LogP contribution in [0, 0.1) is 5.92 Å². The third kappa shape index (κ3) is 7.67. The molecule has 1 amide bonds. The Balaban J connectivity index is 1.51. The molecule has 48 heavy (non-hydrogen) atoms. The monoisotopic (exact) mass is 698 g/mol. The molecule has 2 aliphatic rings. The maximum Gasteiger partial charge on any atom is 0.260 e. The van der Waals surface area contributed by atoms with Crippen molar-refractivity contribution in [3.63, 3.8) is 0 Å². The zero-order valence-corrected chi connectivity index (χ0v) is 28.7. The number of nitrogens with one attached hydrogen (secondary N) is 1. The van der Waals surface area contributed by atoms with Crippen LogP contribution in [0.4, 0.5) is 5.95 Å². The van der Waals surface area contributed by atoms with Gasteiger partial charge in [0.05, 0.1) is 42.5 Å². The van der Waals surface area contributed by atoms with Crippen molar-refractivity contribution in [2.75, 3.05) is 65.5 Å². The number of ether oxygens (including phenoxy) is 3. The van der Waals surface area contributed by atoms with Crippen molar-refractivity contribution in [3.8, 4) is 22.6 Å². The Kier molecular flexibility index (Phi) is 11.7. The number of amides is 1. The summed E-state index contributed by atoms with van der Waals surface area (Å²) < 4.78 is 18.3. The molecular formula is C34H40Cl2N6O6. The van der Waals surface area contributed by atoms with Crippen LogP contribution in [0.1, 0.15) is 19.3 Å². The van der Waals surface area contributed by atoms with E-state index in [0.29, 0.717) is 87.1 Å². The molecule has 3 aromatic rings. The number of aromatic nitrogens is 3. The lowest BCUT2D eigenvalue weighted by atomic mass is 9.90. The first-order chi connectivity index (χ1) is 23.2. The molecule has 0 unspecified atom stereocenters. The van der Waals surface area contributed by atoms with E-state index in [1.54, 1.807) is 27.8 Å². The lowest BCUT2D eigenvalue weighted by molar-refractivity contribution is -0.127. The van der Waals surface area contributed by atoms with Gasteiger partial charge in [0.15, 0.2) is 5.78 Å². The molecule has 2 fully saturated rings. The Bertz CT molecular complexity index is 1730. The maximum absolute atomic E-state index is 14.4. The molecule has 1 aromatic carbocycles. The third-order valence-electron chi connectivity index (χ3n) is 8.89. The van der Waals surface area contributed by atoms with Crippen LogP contribution >= 0.6 is 23.2 Å². The summed E-state index contributed by atoms with van der Waals surface area (Å²) in [7, 11) is 2.95. The van der Waals surface area contributed by atoms with Crippen LogP contribution in [0.15, 0.2) is 48.4 Å². The fraction of sp³-hybridized carbons (Fsp3) is 0.441. The molecule has 0 bridgehead atoms. The molecule has 5 rings (SSSR count). The molecule has 1 N–H and O–H groups in total. The van der Waals surface area contributed by atoms with Gasteiger partial charge in [0.2, 0.25) is 11.9 Å². The number of benzene rings is 1. The minimum atomic E-state index is -0.344. The molecule has 12 nitrogen and oxygen atoms in total. The van der Waals surface area contributed by atoms with Crippen molar-refractivity contribution >= 4 is 51.9 Å². The number of hydrogen-bond donors (Lipinski definition) is 1. The van der Waals surface area contributed by atoms with E-state index in [4.69, 9.17) is 42.4 Å². The molecule has 0 saturated carbocycles. The zero-order chi connectivity index (χ0) is 34.4. The highest BCUT2D eigenvalue weighted by atomic mass is 35.5. The number of fused-ring (bicyclic) bond motifs is 1. The summed E-state index contributed by atoms with van der Waals surface area (Å²) in [4.78, 5) is 52.0.